The lowest BCUT2D eigenvalue weighted by molar-refractivity contribution is -0.297. The van der Waals surface area contributed by atoms with E-state index in [1.807, 2.05) is 13.8 Å². The first-order valence-corrected chi connectivity index (χ1v) is 9.57. The van der Waals surface area contributed by atoms with Crippen LogP contribution in [-0.2, 0) is 33.5 Å². The van der Waals surface area contributed by atoms with Crippen molar-refractivity contribution in [2.45, 2.75) is 76.5 Å². The van der Waals surface area contributed by atoms with Gasteiger partial charge in [-0.1, -0.05) is 13.8 Å². The molecule has 5 atom stereocenters. The molecule has 3 aliphatic rings. The van der Waals surface area contributed by atoms with Crippen molar-refractivity contribution in [3.05, 3.63) is 12.2 Å². The third-order valence-corrected chi connectivity index (χ3v) is 5.70. The van der Waals surface area contributed by atoms with Gasteiger partial charge in [0.25, 0.3) is 0 Å². The van der Waals surface area contributed by atoms with Crippen LogP contribution in [0.5, 0.6) is 0 Å². The van der Waals surface area contributed by atoms with E-state index in [1.54, 1.807) is 20.8 Å². The zero-order valence-corrected chi connectivity index (χ0v) is 16.9. The number of Topliss-reactive ketones (excluding diaryl/α,β-unsaturated/α-hetero) is 1. The van der Waals surface area contributed by atoms with Gasteiger partial charge in [-0.25, -0.2) is 4.89 Å². The molecule has 5 unspecified atom stereocenters. The molecule has 0 aromatic heterocycles. The van der Waals surface area contributed by atoms with Crippen molar-refractivity contribution in [1.82, 2.24) is 0 Å². The van der Waals surface area contributed by atoms with Crippen LogP contribution >= 0.6 is 0 Å². The van der Waals surface area contributed by atoms with Crippen LogP contribution in [0.2, 0.25) is 0 Å². The summed E-state index contributed by atoms with van der Waals surface area (Å²) in [6, 6.07) is 0. The van der Waals surface area contributed by atoms with E-state index in [9.17, 15) is 14.4 Å². The topological polar surface area (TPSA) is 115 Å². The van der Waals surface area contributed by atoms with Gasteiger partial charge in [0.1, 0.15) is 5.60 Å². The van der Waals surface area contributed by atoms with Crippen molar-refractivity contribution in [2.75, 3.05) is 6.61 Å². The lowest BCUT2D eigenvalue weighted by Gasteiger charge is -2.33. The number of carbonyl (C=O) groups excluding carboxylic acids is 3. The molecule has 0 aromatic carbocycles. The van der Waals surface area contributed by atoms with E-state index in [4.69, 9.17) is 19.5 Å². The van der Waals surface area contributed by atoms with E-state index >= 15 is 0 Å². The molecule has 156 valence electrons. The summed E-state index contributed by atoms with van der Waals surface area (Å²) >= 11 is 0. The van der Waals surface area contributed by atoms with Gasteiger partial charge in [0, 0.05) is 12.3 Å². The third kappa shape index (κ3) is 3.78. The second kappa shape index (κ2) is 7.02. The van der Waals surface area contributed by atoms with Crippen molar-refractivity contribution in [3.63, 3.8) is 0 Å². The van der Waals surface area contributed by atoms with Crippen molar-refractivity contribution in [2.24, 2.45) is 11.8 Å². The van der Waals surface area contributed by atoms with Gasteiger partial charge in [0.15, 0.2) is 23.1 Å². The molecule has 0 bridgehead atoms. The van der Waals surface area contributed by atoms with Gasteiger partial charge >= 0.3 is 5.97 Å². The first-order chi connectivity index (χ1) is 12.9. The molecule has 8 nitrogen and oxygen atoms in total. The maximum atomic E-state index is 12.9. The van der Waals surface area contributed by atoms with Gasteiger partial charge < -0.3 is 14.2 Å². The Morgan fingerprint density at radius 2 is 2.04 bits per heavy atom. The zero-order chi connectivity index (χ0) is 20.9. The van der Waals surface area contributed by atoms with E-state index in [0.29, 0.717) is 6.42 Å². The number of ketones is 2. The molecule has 0 amide bonds. The molecule has 28 heavy (non-hydrogen) atoms. The summed E-state index contributed by atoms with van der Waals surface area (Å²) < 4.78 is 16.6. The van der Waals surface area contributed by atoms with Crippen LogP contribution in [-0.4, -0.2) is 58.4 Å². The minimum atomic E-state index is -1.23. The normalized spacial score (nSPS) is 37.1. The lowest BCUT2D eigenvalue weighted by Crippen LogP contribution is -2.53. The summed E-state index contributed by atoms with van der Waals surface area (Å²) in [5, 5.41) is 8.88. The quantitative estimate of drug-likeness (QED) is 0.217. The third-order valence-electron chi connectivity index (χ3n) is 5.70. The molecule has 1 N–H and O–H groups in total. The van der Waals surface area contributed by atoms with Crippen molar-refractivity contribution in [1.29, 1.82) is 0 Å². The van der Waals surface area contributed by atoms with Crippen LogP contribution in [0.25, 0.3) is 0 Å². The monoisotopic (exact) mass is 396 g/mol. The molecular weight excluding hydrogens is 368 g/mol. The molecule has 0 radical (unpaired) electrons. The number of ether oxygens (including phenoxy) is 3. The van der Waals surface area contributed by atoms with Crippen LogP contribution in [0.1, 0.15) is 47.5 Å². The van der Waals surface area contributed by atoms with Crippen LogP contribution in [0.15, 0.2) is 12.2 Å². The second-order valence-electron chi connectivity index (χ2n) is 9.00. The summed E-state index contributed by atoms with van der Waals surface area (Å²) in [5.41, 5.74) is -3.23. The Morgan fingerprint density at radius 1 is 1.39 bits per heavy atom. The van der Waals surface area contributed by atoms with E-state index in [0.717, 1.165) is 0 Å². The summed E-state index contributed by atoms with van der Waals surface area (Å²) in [6.45, 7) is 8.75. The number of carbonyl (C=O) groups is 3. The molecule has 0 aromatic rings. The fourth-order valence-electron chi connectivity index (χ4n) is 3.73. The lowest BCUT2D eigenvalue weighted by atomic mass is 9.72. The Kier molecular flexibility index (Phi) is 5.29. The Labute approximate surface area is 164 Å². The van der Waals surface area contributed by atoms with E-state index < -0.39 is 34.8 Å². The minimum absolute atomic E-state index is 0.0848. The smallest absolute Gasteiger partial charge is 0.306 e. The van der Waals surface area contributed by atoms with Crippen LogP contribution in [0.3, 0.4) is 0 Å². The predicted molar refractivity (Wildman–Crippen MR) is 96.3 cm³/mol. The maximum Gasteiger partial charge on any atom is 0.306 e. The number of hydrogen-bond donors (Lipinski definition) is 1. The molecule has 2 aliphatic heterocycles. The number of rotatable bonds is 8. The molecule has 2 saturated heterocycles. The van der Waals surface area contributed by atoms with E-state index in [1.165, 1.54) is 12.2 Å². The molecule has 1 aliphatic carbocycles. The largest absolute Gasteiger partial charge is 0.454 e. The Balaban J connectivity index is 1.82. The van der Waals surface area contributed by atoms with Crippen molar-refractivity contribution >= 4 is 17.5 Å². The Morgan fingerprint density at radius 3 is 2.57 bits per heavy atom. The second-order valence-corrected chi connectivity index (χ2v) is 9.00. The molecular formula is C20H28O8. The molecule has 8 heteroatoms. The van der Waals surface area contributed by atoms with E-state index in [2.05, 4.69) is 4.89 Å². The van der Waals surface area contributed by atoms with Crippen LogP contribution < -0.4 is 0 Å². The SMILES string of the molecule is CC(C)CC(=O)OC1C(=O)C2(C)OC2CC1C1(C(=O)C=CC(C)(C)OO)CO1. The van der Waals surface area contributed by atoms with Gasteiger partial charge in [-0.05, 0) is 45.3 Å². The molecule has 3 rings (SSSR count). The Bertz CT molecular complexity index is 705. The standard InChI is InChI=1S/C20H28O8/c1-11(2)8-15(22)26-16-12(9-14-19(5,27-14)17(16)23)20(10-25-20)13(21)6-7-18(3,4)28-24/h6-7,11-12,14,16,24H,8-10H2,1-5H3. The summed E-state index contributed by atoms with van der Waals surface area (Å²) in [5.74, 6) is -1.69. The van der Waals surface area contributed by atoms with Gasteiger partial charge in [-0.3, -0.25) is 19.6 Å². The van der Waals surface area contributed by atoms with Crippen LogP contribution in [0.4, 0.5) is 0 Å². The first kappa shape index (κ1) is 21.1. The summed E-state index contributed by atoms with van der Waals surface area (Å²) in [6.07, 6.45) is 1.88. The number of fused-ring (bicyclic) bond motifs is 1. The van der Waals surface area contributed by atoms with Gasteiger partial charge in [0.05, 0.1) is 12.7 Å². The molecule has 2 heterocycles. The number of hydrogen-bond acceptors (Lipinski definition) is 8. The number of esters is 1. The number of epoxide rings is 2. The van der Waals surface area contributed by atoms with Crippen LogP contribution in [0, 0.1) is 11.8 Å². The highest BCUT2D eigenvalue weighted by Crippen LogP contribution is 2.54. The molecule has 0 spiro atoms. The van der Waals surface area contributed by atoms with Gasteiger partial charge in [0.2, 0.25) is 5.78 Å². The Hall–Kier alpha value is -1.61. The minimum Gasteiger partial charge on any atom is -0.454 e. The van der Waals surface area contributed by atoms with Crippen molar-refractivity contribution in [3.8, 4) is 0 Å². The summed E-state index contributed by atoms with van der Waals surface area (Å²) in [7, 11) is 0. The molecule has 1 saturated carbocycles. The average Bonchev–Trinajstić information content (AvgIpc) is 3.51. The van der Waals surface area contributed by atoms with Gasteiger partial charge in [-0.2, -0.15) is 0 Å². The fourth-order valence-corrected chi connectivity index (χ4v) is 3.73. The molecule has 3 fully saturated rings. The fraction of sp³-hybridized carbons (Fsp3) is 0.750. The maximum absolute atomic E-state index is 12.9. The van der Waals surface area contributed by atoms with Gasteiger partial charge in [-0.15, -0.1) is 0 Å². The van der Waals surface area contributed by atoms with Crippen molar-refractivity contribution < 1.29 is 38.7 Å². The highest BCUT2D eigenvalue weighted by atomic mass is 17.1. The summed E-state index contributed by atoms with van der Waals surface area (Å²) in [4.78, 5) is 42.4. The average molecular weight is 396 g/mol. The zero-order valence-electron chi connectivity index (χ0n) is 16.9. The van der Waals surface area contributed by atoms with E-state index in [-0.39, 0.29) is 36.6 Å². The highest BCUT2D eigenvalue weighted by Gasteiger charge is 2.72. The highest BCUT2D eigenvalue weighted by molar-refractivity contribution is 6.02. The first-order valence-electron chi connectivity index (χ1n) is 9.57. The predicted octanol–water partition coefficient (Wildman–Crippen LogP) is 1.85.